The fourth-order valence-corrected chi connectivity index (χ4v) is 3.38. The highest BCUT2D eigenvalue weighted by Gasteiger charge is 2.16. The lowest BCUT2D eigenvalue weighted by atomic mass is 10.2. The highest BCUT2D eigenvalue weighted by molar-refractivity contribution is 7.80. The average molecular weight is 357 g/mol. The number of thiocarbonyl (C=S) groups is 1. The standard InChI is InChI=1S/C21H44N2S/c1-5-9-13-17-22(18-14-10-6-2)21(24)23(19-15-11-7-3)20-16-12-8-4/h5-20H2,1-4H3. The van der Waals surface area contributed by atoms with Crippen molar-refractivity contribution in [2.75, 3.05) is 26.2 Å². The highest BCUT2D eigenvalue weighted by Crippen LogP contribution is 2.10. The zero-order valence-corrected chi connectivity index (χ0v) is 17.9. The van der Waals surface area contributed by atoms with Crippen LogP contribution in [0.5, 0.6) is 0 Å². The first kappa shape index (κ1) is 23.7. The van der Waals surface area contributed by atoms with Crippen molar-refractivity contribution in [3.63, 3.8) is 0 Å². The van der Waals surface area contributed by atoms with Crippen LogP contribution < -0.4 is 0 Å². The molecule has 0 bridgehead atoms. The van der Waals surface area contributed by atoms with Crippen molar-refractivity contribution >= 4 is 17.3 Å². The molecule has 0 aliphatic rings. The molecule has 0 amide bonds. The summed E-state index contributed by atoms with van der Waals surface area (Å²) in [5, 5.41) is 1.13. The van der Waals surface area contributed by atoms with Gasteiger partial charge in [0.2, 0.25) is 0 Å². The van der Waals surface area contributed by atoms with E-state index in [1.54, 1.807) is 0 Å². The lowest BCUT2D eigenvalue weighted by Gasteiger charge is -2.34. The minimum atomic E-state index is 1.13. The van der Waals surface area contributed by atoms with E-state index in [2.05, 4.69) is 37.5 Å². The van der Waals surface area contributed by atoms with Crippen LogP contribution in [0.4, 0.5) is 0 Å². The van der Waals surface area contributed by atoms with Crippen LogP contribution in [0, 0.1) is 0 Å². The molecule has 0 fully saturated rings. The van der Waals surface area contributed by atoms with Gasteiger partial charge in [0.25, 0.3) is 0 Å². The molecule has 0 atom stereocenters. The molecule has 3 heteroatoms. The van der Waals surface area contributed by atoms with E-state index in [9.17, 15) is 0 Å². The second-order valence-corrected chi connectivity index (χ2v) is 7.45. The molecule has 24 heavy (non-hydrogen) atoms. The van der Waals surface area contributed by atoms with E-state index in [4.69, 9.17) is 12.2 Å². The van der Waals surface area contributed by atoms with E-state index in [-0.39, 0.29) is 0 Å². The maximum absolute atomic E-state index is 5.95. The third-order valence-corrected chi connectivity index (χ3v) is 5.18. The van der Waals surface area contributed by atoms with Gasteiger partial charge in [0.05, 0.1) is 0 Å². The van der Waals surface area contributed by atoms with Gasteiger partial charge in [0.1, 0.15) is 0 Å². The first-order chi connectivity index (χ1) is 11.7. The summed E-state index contributed by atoms with van der Waals surface area (Å²) in [6.45, 7) is 13.7. The Kier molecular flexibility index (Phi) is 17.3. The third-order valence-electron chi connectivity index (χ3n) is 4.67. The topological polar surface area (TPSA) is 6.48 Å². The number of nitrogens with zero attached hydrogens (tertiary/aromatic N) is 2. The monoisotopic (exact) mass is 356 g/mol. The lowest BCUT2D eigenvalue weighted by Crippen LogP contribution is -2.44. The highest BCUT2D eigenvalue weighted by atomic mass is 32.1. The van der Waals surface area contributed by atoms with Crippen LogP contribution in [-0.4, -0.2) is 41.1 Å². The average Bonchev–Trinajstić information content (AvgIpc) is 2.59. The first-order valence-electron chi connectivity index (χ1n) is 10.7. The zero-order valence-electron chi connectivity index (χ0n) is 17.1. The van der Waals surface area contributed by atoms with Crippen molar-refractivity contribution in [1.82, 2.24) is 9.80 Å². The molecule has 0 radical (unpaired) electrons. The largest absolute Gasteiger partial charge is 0.349 e. The smallest absolute Gasteiger partial charge is 0.171 e. The van der Waals surface area contributed by atoms with Crippen molar-refractivity contribution < 1.29 is 0 Å². The molecule has 0 unspecified atom stereocenters. The number of unbranched alkanes of at least 4 members (excludes halogenated alkanes) is 8. The van der Waals surface area contributed by atoms with Gasteiger partial charge >= 0.3 is 0 Å². The molecule has 144 valence electrons. The molecule has 0 aliphatic heterocycles. The first-order valence-corrected chi connectivity index (χ1v) is 11.2. The summed E-state index contributed by atoms with van der Waals surface area (Å²) in [5.74, 6) is 0. The van der Waals surface area contributed by atoms with Crippen molar-refractivity contribution in [2.45, 2.75) is 105 Å². The minimum absolute atomic E-state index is 1.13. The van der Waals surface area contributed by atoms with Crippen LogP contribution in [0.2, 0.25) is 0 Å². The van der Waals surface area contributed by atoms with Crippen LogP contribution in [0.3, 0.4) is 0 Å². The van der Waals surface area contributed by atoms with Crippen molar-refractivity contribution in [2.24, 2.45) is 0 Å². The Morgan fingerprint density at radius 2 is 0.750 bits per heavy atom. The van der Waals surface area contributed by atoms with Crippen molar-refractivity contribution in [3.05, 3.63) is 0 Å². The molecule has 0 aromatic rings. The molecule has 0 aromatic heterocycles. The van der Waals surface area contributed by atoms with E-state index < -0.39 is 0 Å². The Morgan fingerprint density at radius 1 is 0.500 bits per heavy atom. The third kappa shape index (κ3) is 12.1. The van der Waals surface area contributed by atoms with Gasteiger partial charge in [-0.1, -0.05) is 79.1 Å². The number of hydrogen-bond donors (Lipinski definition) is 0. The van der Waals surface area contributed by atoms with Crippen LogP contribution in [0.15, 0.2) is 0 Å². The van der Waals surface area contributed by atoms with Gasteiger partial charge < -0.3 is 9.80 Å². The summed E-state index contributed by atoms with van der Waals surface area (Å²) in [7, 11) is 0. The van der Waals surface area contributed by atoms with Crippen LogP contribution >= 0.6 is 12.2 Å². The maximum atomic E-state index is 5.95. The summed E-state index contributed by atoms with van der Waals surface area (Å²) >= 11 is 5.95. The molecule has 0 aliphatic carbocycles. The zero-order chi connectivity index (χ0) is 18.0. The van der Waals surface area contributed by atoms with Gasteiger partial charge in [0.15, 0.2) is 5.11 Å². The fourth-order valence-electron chi connectivity index (χ4n) is 3.02. The van der Waals surface area contributed by atoms with E-state index >= 15 is 0 Å². The van der Waals surface area contributed by atoms with E-state index in [0.717, 1.165) is 31.3 Å². The summed E-state index contributed by atoms with van der Waals surface area (Å²) in [4.78, 5) is 5.02. The van der Waals surface area contributed by atoms with Crippen molar-refractivity contribution in [3.8, 4) is 0 Å². The van der Waals surface area contributed by atoms with Gasteiger partial charge in [0, 0.05) is 26.2 Å². The van der Waals surface area contributed by atoms with Gasteiger partial charge in [-0.15, -0.1) is 0 Å². The molecule has 0 spiro atoms. The normalized spacial score (nSPS) is 10.8. The maximum Gasteiger partial charge on any atom is 0.171 e. The second kappa shape index (κ2) is 17.5. The molecule has 0 aromatic carbocycles. The Labute approximate surface area is 158 Å². The van der Waals surface area contributed by atoms with Crippen molar-refractivity contribution in [1.29, 1.82) is 0 Å². The summed E-state index contributed by atoms with van der Waals surface area (Å²) in [6, 6.07) is 0. The molecular formula is C21H44N2S. The van der Waals surface area contributed by atoms with E-state index in [1.165, 1.54) is 77.0 Å². The Balaban J connectivity index is 4.65. The van der Waals surface area contributed by atoms with Crippen LogP contribution in [0.1, 0.15) is 105 Å². The minimum Gasteiger partial charge on any atom is -0.349 e. The molecular weight excluding hydrogens is 312 g/mol. The molecule has 0 rings (SSSR count). The van der Waals surface area contributed by atoms with Crippen LogP contribution in [-0.2, 0) is 0 Å². The SMILES string of the molecule is CCCCCN(CCCCC)C(=S)N(CCCCC)CCCCC. The lowest BCUT2D eigenvalue weighted by molar-refractivity contribution is 0.307. The predicted octanol–water partition coefficient (Wildman–Crippen LogP) is 6.64. The number of rotatable bonds is 16. The fraction of sp³-hybridized carbons (Fsp3) is 0.952. The van der Waals surface area contributed by atoms with Gasteiger partial charge in [-0.3, -0.25) is 0 Å². The summed E-state index contributed by atoms with van der Waals surface area (Å²) < 4.78 is 0. The quantitative estimate of drug-likeness (QED) is 0.226. The number of hydrogen-bond acceptors (Lipinski definition) is 1. The molecule has 2 nitrogen and oxygen atoms in total. The molecule has 0 saturated heterocycles. The molecule has 0 N–H and O–H groups in total. The van der Waals surface area contributed by atoms with Gasteiger partial charge in [-0.05, 0) is 37.9 Å². The van der Waals surface area contributed by atoms with E-state index in [0.29, 0.717) is 0 Å². The summed E-state index contributed by atoms with van der Waals surface area (Å²) in [6.07, 6.45) is 15.5. The molecule has 0 saturated carbocycles. The van der Waals surface area contributed by atoms with E-state index in [1.807, 2.05) is 0 Å². The second-order valence-electron chi connectivity index (χ2n) is 7.09. The van der Waals surface area contributed by atoms with Gasteiger partial charge in [-0.2, -0.15) is 0 Å². The Hall–Kier alpha value is -0.310. The molecule has 0 heterocycles. The van der Waals surface area contributed by atoms with Gasteiger partial charge in [-0.25, -0.2) is 0 Å². The summed E-state index contributed by atoms with van der Waals surface area (Å²) in [5.41, 5.74) is 0. The Bertz CT molecular complexity index is 235. The predicted molar refractivity (Wildman–Crippen MR) is 114 cm³/mol. The Morgan fingerprint density at radius 3 is 0.958 bits per heavy atom. The van der Waals surface area contributed by atoms with Crippen LogP contribution in [0.25, 0.3) is 0 Å².